The summed E-state index contributed by atoms with van der Waals surface area (Å²) in [6.07, 6.45) is 3.99. The number of fused-ring (bicyclic) bond motifs is 2. The molecule has 9 heteroatoms. The van der Waals surface area contributed by atoms with Crippen molar-refractivity contribution < 1.29 is 9.47 Å². The molecule has 0 radical (unpaired) electrons. The molecule has 5 rings (SSSR count). The Balaban J connectivity index is 1.62. The van der Waals surface area contributed by atoms with Crippen LogP contribution >= 0.6 is 50.7 Å². The number of nitrogens with zero attached hydrogens (tertiary/aromatic N) is 3. The second-order valence-electron chi connectivity index (χ2n) is 7.92. The van der Waals surface area contributed by atoms with Crippen LogP contribution < -0.4 is 0 Å². The summed E-state index contributed by atoms with van der Waals surface area (Å²) in [7, 11) is 0. The largest absolute Gasteiger partial charge is 0.344 e. The smallest absolute Gasteiger partial charge is 0.163 e. The van der Waals surface area contributed by atoms with Crippen LogP contribution in [0.4, 0.5) is 0 Å². The zero-order valence-electron chi connectivity index (χ0n) is 15.6. The van der Waals surface area contributed by atoms with Gasteiger partial charge in [-0.1, -0.05) is 34.8 Å². The van der Waals surface area contributed by atoms with Crippen LogP contribution in [-0.4, -0.2) is 32.5 Å². The van der Waals surface area contributed by atoms with Crippen molar-refractivity contribution in [3.8, 4) is 0 Å². The quantitative estimate of drug-likeness (QED) is 0.369. The topological polar surface area (TPSA) is 49.2 Å². The minimum atomic E-state index is -0.679. The van der Waals surface area contributed by atoms with Crippen molar-refractivity contribution in [3.63, 3.8) is 0 Å². The molecule has 1 saturated heterocycles. The predicted octanol–water partition coefficient (Wildman–Crippen LogP) is 6.40. The van der Waals surface area contributed by atoms with Crippen LogP contribution in [0.5, 0.6) is 0 Å². The Hall–Kier alpha value is -0.890. The van der Waals surface area contributed by atoms with Gasteiger partial charge in [-0.25, -0.2) is 9.97 Å². The van der Waals surface area contributed by atoms with Crippen molar-refractivity contribution in [2.75, 3.05) is 0 Å². The lowest BCUT2D eigenvalue weighted by molar-refractivity contribution is -0.157. The Kier molecular flexibility index (Phi) is 4.89. The van der Waals surface area contributed by atoms with Gasteiger partial charge >= 0.3 is 0 Å². The van der Waals surface area contributed by atoms with Crippen molar-refractivity contribution in [1.82, 2.24) is 14.5 Å². The highest BCUT2D eigenvalue weighted by Crippen LogP contribution is 2.52. The number of rotatable bonds is 2. The third kappa shape index (κ3) is 3.38. The molecule has 0 spiro atoms. The summed E-state index contributed by atoms with van der Waals surface area (Å²) in [6.45, 7) is 3.88. The summed E-state index contributed by atoms with van der Waals surface area (Å²) in [5, 5.41) is 2.43. The van der Waals surface area contributed by atoms with E-state index in [4.69, 9.17) is 44.3 Å². The van der Waals surface area contributed by atoms with Gasteiger partial charge in [0.05, 0.1) is 17.5 Å². The van der Waals surface area contributed by atoms with E-state index in [9.17, 15) is 0 Å². The molecule has 0 N–H and O–H groups in total. The van der Waals surface area contributed by atoms with Gasteiger partial charge in [0.1, 0.15) is 23.2 Å². The lowest BCUT2D eigenvalue weighted by Gasteiger charge is -2.24. The van der Waals surface area contributed by atoms with Crippen molar-refractivity contribution in [2.24, 2.45) is 0 Å². The van der Waals surface area contributed by atoms with Crippen LogP contribution in [0.25, 0.3) is 11.0 Å². The standard InChI is InChI=1S/C20H17BrCl3N3O2/c1-20(2)28-16-12(9-3-10(22)5-11(23)4-9)6-14(17(16)29-20)27-7-13(21)15-18(24)25-8-26-19(15)27/h3-5,7-8,12,14,16-17H,6H2,1-2H3/t12-,14-,16-,17+/m1/s1. The molecule has 3 heterocycles. The van der Waals surface area contributed by atoms with Gasteiger partial charge in [-0.05, 0) is 60.0 Å². The minimum absolute atomic E-state index is 0.00398. The van der Waals surface area contributed by atoms with Gasteiger partial charge in [-0.2, -0.15) is 0 Å². The van der Waals surface area contributed by atoms with E-state index >= 15 is 0 Å². The van der Waals surface area contributed by atoms with Crippen LogP contribution in [0, 0.1) is 0 Å². The second kappa shape index (κ2) is 7.08. The van der Waals surface area contributed by atoms with E-state index in [0.29, 0.717) is 15.2 Å². The van der Waals surface area contributed by atoms with E-state index in [1.54, 1.807) is 6.07 Å². The summed E-state index contributed by atoms with van der Waals surface area (Å²) < 4.78 is 15.6. The number of hydrogen-bond donors (Lipinski definition) is 0. The summed E-state index contributed by atoms with van der Waals surface area (Å²) >= 11 is 22.5. The molecule has 4 atom stereocenters. The lowest BCUT2D eigenvalue weighted by Crippen LogP contribution is -2.27. The molecular weight excluding hydrogens is 501 g/mol. The molecule has 2 aromatic heterocycles. The number of halogens is 4. The van der Waals surface area contributed by atoms with E-state index in [0.717, 1.165) is 27.5 Å². The Morgan fingerprint density at radius 3 is 2.48 bits per heavy atom. The van der Waals surface area contributed by atoms with Crippen molar-refractivity contribution in [3.05, 3.63) is 56.0 Å². The van der Waals surface area contributed by atoms with Gasteiger partial charge < -0.3 is 14.0 Å². The van der Waals surface area contributed by atoms with Gasteiger partial charge in [0.25, 0.3) is 0 Å². The fourth-order valence-corrected chi connectivity index (χ4v) is 6.07. The van der Waals surface area contributed by atoms with Gasteiger partial charge in [0, 0.05) is 26.6 Å². The fourth-order valence-electron chi connectivity index (χ4n) is 4.60. The first-order valence-corrected chi connectivity index (χ1v) is 11.1. The summed E-state index contributed by atoms with van der Waals surface area (Å²) in [4.78, 5) is 8.59. The van der Waals surface area contributed by atoms with Crippen molar-refractivity contribution in [1.29, 1.82) is 0 Å². The van der Waals surface area contributed by atoms with E-state index in [1.807, 2.05) is 32.2 Å². The lowest BCUT2D eigenvalue weighted by atomic mass is 9.95. The first-order valence-electron chi connectivity index (χ1n) is 9.22. The first-order chi connectivity index (χ1) is 13.7. The van der Waals surface area contributed by atoms with Crippen LogP contribution in [-0.2, 0) is 9.47 Å². The Morgan fingerprint density at radius 2 is 1.76 bits per heavy atom. The van der Waals surface area contributed by atoms with Gasteiger partial charge in [-0.3, -0.25) is 0 Å². The van der Waals surface area contributed by atoms with E-state index in [2.05, 4.69) is 30.5 Å². The van der Waals surface area contributed by atoms with Crippen LogP contribution in [0.2, 0.25) is 15.2 Å². The van der Waals surface area contributed by atoms with E-state index in [-0.39, 0.29) is 24.2 Å². The van der Waals surface area contributed by atoms with Crippen molar-refractivity contribution >= 4 is 61.8 Å². The summed E-state index contributed by atoms with van der Waals surface area (Å²) in [5.74, 6) is -0.599. The zero-order chi connectivity index (χ0) is 20.5. The monoisotopic (exact) mass is 515 g/mol. The Labute approximate surface area is 191 Å². The molecule has 1 aromatic carbocycles. The maximum Gasteiger partial charge on any atom is 0.163 e. The molecule has 3 aromatic rings. The van der Waals surface area contributed by atoms with E-state index < -0.39 is 5.79 Å². The van der Waals surface area contributed by atoms with E-state index in [1.165, 1.54) is 6.33 Å². The number of benzene rings is 1. The third-order valence-corrected chi connectivity index (χ3v) is 6.95. The molecule has 152 valence electrons. The zero-order valence-corrected chi connectivity index (χ0v) is 19.4. The Morgan fingerprint density at radius 1 is 1.07 bits per heavy atom. The molecule has 0 unspecified atom stereocenters. The molecule has 2 aliphatic rings. The maximum atomic E-state index is 6.34. The normalized spacial score (nSPS) is 28.2. The first kappa shape index (κ1) is 20.0. The Bertz CT molecular complexity index is 1100. The number of aromatic nitrogens is 3. The molecule has 2 fully saturated rings. The minimum Gasteiger partial charge on any atom is -0.344 e. The molecular formula is C20H17BrCl3N3O2. The average molecular weight is 518 g/mol. The molecule has 5 nitrogen and oxygen atoms in total. The highest BCUT2D eigenvalue weighted by atomic mass is 79.9. The van der Waals surface area contributed by atoms with Crippen LogP contribution in [0.3, 0.4) is 0 Å². The average Bonchev–Trinajstić information content (AvgIpc) is 3.23. The summed E-state index contributed by atoms with van der Waals surface area (Å²) in [5.41, 5.74) is 1.81. The van der Waals surface area contributed by atoms with Crippen LogP contribution in [0.1, 0.15) is 37.8 Å². The maximum absolute atomic E-state index is 6.34. The molecule has 1 saturated carbocycles. The molecule has 29 heavy (non-hydrogen) atoms. The summed E-state index contributed by atoms with van der Waals surface area (Å²) in [6, 6.07) is 5.65. The fraction of sp³-hybridized carbons (Fsp3) is 0.400. The van der Waals surface area contributed by atoms with Crippen molar-refractivity contribution in [2.45, 2.75) is 50.2 Å². The highest BCUT2D eigenvalue weighted by molar-refractivity contribution is 9.10. The van der Waals surface area contributed by atoms with Gasteiger partial charge in [0.2, 0.25) is 0 Å². The molecule has 1 aliphatic heterocycles. The molecule has 0 amide bonds. The number of ether oxygens (including phenoxy) is 2. The predicted molar refractivity (Wildman–Crippen MR) is 117 cm³/mol. The second-order valence-corrected chi connectivity index (χ2v) is 10.0. The molecule has 0 bridgehead atoms. The van der Waals surface area contributed by atoms with Gasteiger partial charge in [-0.15, -0.1) is 0 Å². The molecule has 1 aliphatic carbocycles. The van der Waals surface area contributed by atoms with Gasteiger partial charge in [0.15, 0.2) is 5.79 Å². The van der Waals surface area contributed by atoms with Crippen LogP contribution in [0.15, 0.2) is 35.2 Å². The number of hydrogen-bond acceptors (Lipinski definition) is 4. The SMILES string of the molecule is CC1(C)O[C@@H]2[C@H](O1)[C@@H](c1cc(Cl)cc(Cl)c1)C[C@H]2n1cc(Br)c2c(Cl)ncnc21. The third-order valence-electron chi connectivity index (χ3n) is 5.62. The highest BCUT2D eigenvalue weighted by Gasteiger charge is 2.55.